The molecule has 1 aliphatic carbocycles. The lowest BCUT2D eigenvalue weighted by molar-refractivity contribution is -0.420. The van der Waals surface area contributed by atoms with E-state index in [1.54, 1.807) is 28.7 Å². The molecule has 0 bridgehead atoms. The van der Waals surface area contributed by atoms with Crippen molar-refractivity contribution in [3.63, 3.8) is 0 Å². The van der Waals surface area contributed by atoms with Crippen LogP contribution in [0.25, 0.3) is 0 Å². The molecular weight excluding hydrogens is 287 g/mol. The minimum atomic E-state index is -1.32. The van der Waals surface area contributed by atoms with Gasteiger partial charge in [0, 0.05) is 24.1 Å². The lowest BCUT2D eigenvalue weighted by atomic mass is 10.0. The first kappa shape index (κ1) is 10.1. The maximum absolute atomic E-state index is 10.4. The van der Waals surface area contributed by atoms with E-state index in [0.717, 1.165) is 6.08 Å². The van der Waals surface area contributed by atoms with Gasteiger partial charge in [0.05, 0.1) is 11.0 Å². The van der Waals surface area contributed by atoms with Crippen molar-refractivity contribution in [2.45, 2.75) is 10.0 Å². The van der Waals surface area contributed by atoms with Gasteiger partial charge in [0.15, 0.2) is 0 Å². The zero-order chi connectivity index (χ0) is 10.1. The minimum absolute atomic E-state index is 0.112. The smallest absolute Gasteiger partial charge is 0.270 e. The molecule has 1 rings (SSSR count). The summed E-state index contributed by atoms with van der Waals surface area (Å²) in [5.74, 6) is 0. The Kier molecular flexibility index (Phi) is 2.68. The van der Waals surface area contributed by atoms with Crippen LogP contribution in [0.5, 0.6) is 0 Å². The topological polar surface area (TPSA) is 87.2 Å². The van der Waals surface area contributed by atoms with Gasteiger partial charge in [0.1, 0.15) is 3.61 Å². The van der Waals surface area contributed by atoms with Crippen molar-refractivity contribution < 1.29 is 10.0 Å². The largest absolute Gasteiger partial charge is 0.375 e. The summed E-state index contributed by atoms with van der Waals surface area (Å²) in [5, 5.41) is 28.4. The second kappa shape index (κ2) is 3.43. The van der Waals surface area contributed by atoms with E-state index in [1.165, 1.54) is 6.08 Å². The van der Waals surface area contributed by atoms with E-state index < -0.39 is 8.53 Å². The third-order valence-corrected chi connectivity index (χ3v) is 2.18. The average molecular weight is 292 g/mol. The summed E-state index contributed by atoms with van der Waals surface area (Å²) in [5.41, 5.74) is -0.0224. The maximum atomic E-state index is 10.4. The van der Waals surface area contributed by atoms with Crippen LogP contribution in [0.1, 0.15) is 6.42 Å². The molecule has 6 heteroatoms. The molecule has 0 fully saturated rings. The predicted octanol–water partition coefficient (Wildman–Crippen LogP) is 1.12. The van der Waals surface area contributed by atoms with Crippen LogP contribution in [-0.4, -0.2) is 13.6 Å². The van der Waals surface area contributed by atoms with Crippen LogP contribution < -0.4 is 0 Å². The summed E-state index contributed by atoms with van der Waals surface area (Å²) >= 11 is 1.66. The molecule has 0 aromatic heterocycles. The van der Waals surface area contributed by atoms with Crippen LogP contribution in [0.2, 0.25) is 0 Å². The van der Waals surface area contributed by atoms with E-state index in [-0.39, 0.29) is 17.7 Å². The standard InChI is InChI=1S/C7H5IN2O3/c8-7(11)2-5(4-9)1-6(3-7)10(12)13/h1,3,11H,2H2. The molecule has 0 heterocycles. The van der Waals surface area contributed by atoms with E-state index in [1.807, 2.05) is 0 Å². The lowest BCUT2D eigenvalue weighted by Gasteiger charge is -2.18. The zero-order valence-corrected chi connectivity index (χ0v) is 8.56. The van der Waals surface area contributed by atoms with E-state index in [0.29, 0.717) is 0 Å². The third-order valence-electron chi connectivity index (χ3n) is 1.48. The first-order chi connectivity index (χ1) is 5.94. The van der Waals surface area contributed by atoms with E-state index in [2.05, 4.69) is 0 Å². The van der Waals surface area contributed by atoms with Crippen LogP contribution in [0.4, 0.5) is 0 Å². The number of rotatable bonds is 1. The van der Waals surface area contributed by atoms with Gasteiger partial charge in [-0.3, -0.25) is 10.1 Å². The molecule has 0 amide bonds. The molecule has 0 spiro atoms. The van der Waals surface area contributed by atoms with Crippen LogP contribution >= 0.6 is 22.6 Å². The Balaban J connectivity index is 3.09. The van der Waals surface area contributed by atoms with Gasteiger partial charge in [-0.1, -0.05) is 0 Å². The van der Waals surface area contributed by atoms with Crippen LogP contribution in [0.15, 0.2) is 23.4 Å². The average Bonchev–Trinajstić information content (AvgIpc) is 2.01. The zero-order valence-electron chi connectivity index (χ0n) is 6.40. The fraction of sp³-hybridized carbons (Fsp3) is 0.286. The number of hydrogen-bond acceptors (Lipinski definition) is 4. The highest BCUT2D eigenvalue weighted by atomic mass is 127. The van der Waals surface area contributed by atoms with E-state index >= 15 is 0 Å². The third kappa shape index (κ3) is 2.50. The molecule has 68 valence electrons. The maximum Gasteiger partial charge on any atom is 0.270 e. The van der Waals surface area contributed by atoms with E-state index in [9.17, 15) is 15.2 Å². The van der Waals surface area contributed by atoms with Crippen molar-refractivity contribution in [3.05, 3.63) is 33.5 Å². The quantitative estimate of drug-likeness (QED) is 0.339. The molecule has 0 radical (unpaired) electrons. The fourth-order valence-corrected chi connectivity index (χ4v) is 1.72. The molecule has 0 aromatic carbocycles. The Bertz CT molecular complexity index is 351. The van der Waals surface area contributed by atoms with Gasteiger partial charge in [-0.15, -0.1) is 0 Å². The van der Waals surface area contributed by atoms with Crippen LogP contribution in [-0.2, 0) is 0 Å². The highest BCUT2D eigenvalue weighted by Crippen LogP contribution is 2.31. The van der Waals surface area contributed by atoms with Crippen LogP contribution in [0, 0.1) is 21.4 Å². The molecule has 0 aromatic rings. The Morgan fingerprint density at radius 3 is 2.92 bits per heavy atom. The number of aliphatic hydroxyl groups is 1. The molecule has 0 saturated carbocycles. The number of hydrogen-bond donors (Lipinski definition) is 1. The molecule has 0 aliphatic heterocycles. The Morgan fingerprint density at radius 2 is 2.46 bits per heavy atom. The normalized spacial score (nSPS) is 27.2. The van der Waals surface area contributed by atoms with Crippen molar-refractivity contribution in [2.24, 2.45) is 0 Å². The molecule has 0 saturated heterocycles. The molecule has 1 atom stereocenters. The highest BCUT2D eigenvalue weighted by Gasteiger charge is 2.30. The number of halogens is 1. The molecule has 5 nitrogen and oxygen atoms in total. The molecule has 1 aliphatic rings. The monoisotopic (exact) mass is 292 g/mol. The number of allylic oxidation sites excluding steroid dienone is 1. The number of alkyl halides is 1. The Labute approximate surface area is 87.6 Å². The van der Waals surface area contributed by atoms with E-state index in [4.69, 9.17) is 5.26 Å². The summed E-state index contributed by atoms with van der Waals surface area (Å²) in [7, 11) is 0. The molecular formula is C7H5IN2O3. The minimum Gasteiger partial charge on any atom is -0.375 e. The van der Waals surface area contributed by atoms with Gasteiger partial charge in [0.2, 0.25) is 0 Å². The Hall–Kier alpha value is -0.940. The van der Waals surface area contributed by atoms with Crippen molar-refractivity contribution in [1.29, 1.82) is 5.26 Å². The number of nitrogens with zero attached hydrogens (tertiary/aromatic N) is 2. The summed E-state index contributed by atoms with van der Waals surface area (Å²) in [6.45, 7) is 0. The van der Waals surface area contributed by atoms with Crippen molar-refractivity contribution in [1.82, 2.24) is 0 Å². The first-order valence-corrected chi connectivity index (χ1v) is 4.42. The second-order valence-corrected chi connectivity index (χ2v) is 4.47. The summed E-state index contributed by atoms with van der Waals surface area (Å²) < 4.78 is -1.32. The van der Waals surface area contributed by atoms with Gasteiger partial charge < -0.3 is 5.11 Å². The predicted molar refractivity (Wildman–Crippen MR) is 52.4 cm³/mol. The lowest BCUT2D eigenvalue weighted by Crippen LogP contribution is -2.22. The number of nitro groups is 1. The first-order valence-electron chi connectivity index (χ1n) is 3.34. The fourth-order valence-electron chi connectivity index (χ4n) is 0.993. The SMILES string of the molecule is N#CC1=CC([N+](=O)[O-])=CC(O)(I)C1. The summed E-state index contributed by atoms with van der Waals surface area (Å²) in [6.07, 6.45) is 2.42. The van der Waals surface area contributed by atoms with Crippen molar-refractivity contribution in [2.75, 3.05) is 0 Å². The highest BCUT2D eigenvalue weighted by molar-refractivity contribution is 14.1. The van der Waals surface area contributed by atoms with Crippen LogP contribution in [0.3, 0.4) is 0 Å². The van der Waals surface area contributed by atoms with Gasteiger partial charge in [-0.25, -0.2) is 0 Å². The summed E-state index contributed by atoms with van der Waals surface area (Å²) in [4.78, 5) is 9.75. The van der Waals surface area contributed by atoms with Crippen molar-refractivity contribution >= 4 is 22.6 Å². The Morgan fingerprint density at radius 1 is 1.85 bits per heavy atom. The van der Waals surface area contributed by atoms with Crippen molar-refractivity contribution in [3.8, 4) is 6.07 Å². The van der Waals surface area contributed by atoms with Gasteiger partial charge in [-0.05, 0) is 22.6 Å². The molecule has 1 unspecified atom stereocenters. The summed E-state index contributed by atoms with van der Waals surface area (Å²) in [6, 6.07) is 1.80. The molecule has 1 N–H and O–H groups in total. The van der Waals surface area contributed by atoms with Gasteiger partial charge >= 0.3 is 0 Å². The molecule has 13 heavy (non-hydrogen) atoms. The van der Waals surface area contributed by atoms with Gasteiger partial charge in [0.25, 0.3) is 5.70 Å². The van der Waals surface area contributed by atoms with Gasteiger partial charge in [-0.2, -0.15) is 5.26 Å². The second-order valence-electron chi connectivity index (χ2n) is 2.60. The number of nitriles is 1.